The van der Waals surface area contributed by atoms with E-state index in [1.807, 2.05) is 24.3 Å². The molecule has 0 aliphatic carbocycles. The van der Waals surface area contributed by atoms with Crippen LogP contribution in [0.2, 0.25) is 0 Å². The predicted molar refractivity (Wildman–Crippen MR) is 55.2 cm³/mol. The van der Waals surface area contributed by atoms with Crippen LogP contribution in [0.25, 0.3) is 11.1 Å². The van der Waals surface area contributed by atoms with E-state index in [0.717, 1.165) is 22.3 Å². The minimum absolute atomic E-state index is 0.818. The van der Waals surface area contributed by atoms with Crippen LogP contribution in [-0.4, -0.2) is 0 Å². The van der Waals surface area contributed by atoms with Crippen LogP contribution in [0.5, 0.6) is 0 Å². The number of rotatable bonds is 2. The van der Waals surface area contributed by atoms with Crippen molar-refractivity contribution in [1.82, 2.24) is 0 Å². The number of hydrogen-bond acceptors (Lipinski definition) is 0. The summed E-state index contributed by atoms with van der Waals surface area (Å²) in [5, 5.41) is 0. The van der Waals surface area contributed by atoms with Crippen LogP contribution in [0.1, 0.15) is 11.1 Å². The first-order valence-electron chi connectivity index (χ1n) is 3.74. The molecule has 0 heteroatoms. The van der Waals surface area contributed by atoms with Gasteiger partial charge in [0.1, 0.15) is 5.57 Å². The molecule has 0 atom stereocenters. The molecular formula is C12H12. The molecule has 0 aliphatic heterocycles. The van der Waals surface area contributed by atoms with Gasteiger partial charge >= 0.3 is 0 Å². The standard InChI is InChI=1S/C12H12/c1-9(2)11-6-5-7-12(8-11)10(3)4/h5-8H,1-4H2. The summed E-state index contributed by atoms with van der Waals surface area (Å²) in [6.07, 6.45) is 0. The van der Waals surface area contributed by atoms with Crippen molar-refractivity contribution in [1.29, 1.82) is 0 Å². The fourth-order valence-electron chi connectivity index (χ4n) is 0.959. The highest BCUT2D eigenvalue weighted by Crippen LogP contribution is 2.17. The topological polar surface area (TPSA) is 0 Å². The maximum absolute atomic E-state index is 3.76. The van der Waals surface area contributed by atoms with Crippen LogP contribution in [0.15, 0.2) is 37.4 Å². The minimum atomic E-state index is 0.818. The molecule has 0 aromatic heterocycles. The Morgan fingerprint density at radius 1 is 1.25 bits per heavy atom. The van der Waals surface area contributed by atoms with Crippen molar-refractivity contribution in [3.8, 4) is 0 Å². The molecule has 0 amide bonds. The average molecular weight is 156 g/mol. The molecule has 1 aromatic carbocycles. The van der Waals surface area contributed by atoms with E-state index in [2.05, 4.69) is 27.0 Å². The van der Waals surface area contributed by atoms with E-state index in [1.54, 1.807) is 0 Å². The molecule has 1 aromatic rings. The quantitative estimate of drug-likeness (QED) is 0.576. The third kappa shape index (κ3) is 1.73. The van der Waals surface area contributed by atoms with E-state index in [-0.39, 0.29) is 0 Å². The summed E-state index contributed by atoms with van der Waals surface area (Å²) in [7, 11) is 0. The Labute approximate surface area is 74.2 Å². The van der Waals surface area contributed by atoms with Crippen molar-refractivity contribution in [2.75, 3.05) is 0 Å². The molecule has 1 rings (SSSR count). The first kappa shape index (κ1) is 8.54. The third-order valence-corrected chi connectivity index (χ3v) is 1.68. The van der Waals surface area contributed by atoms with Gasteiger partial charge in [-0.2, -0.15) is 19.1 Å². The van der Waals surface area contributed by atoms with E-state index in [4.69, 9.17) is 0 Å². The first-order chi connectivity index (χ1) is 5.61. The number of hydrogen-bond donors (Lipinski definition) is 0. The summed E-state index contributed by atoms with van der Waals surface area (Å²) in [4.78, 5) is 0. The fourth-order valence-corrected chi connectivity index (χ4v) is 0.959. The van der Waals surface area contributed by atoms with Crippen molar-refractivity contribution < 1.29 is 0 Å². The van der Waals surface area contributed by atoms with E-state index < -0.39 is 0 Å². The molecule has 0 saturated carbocycles. The van der Waals surface area contributed by atoms with Crippen molar-refractivity contribution in [3.63, 3.8) is 0 Å². The number of allylic oxidation sites excluding steroid dienone is 2. The maximum Gasteiger partial charge on any atom is 0.125 e. The lowest BCUT2D eigenvalue weighted by atomic mass is 10.0. The molecule has 60 valence electrons. The molecule has 0 aliphatic rings. The van der Waals surface area contributed by atoms with Gasteiger partial charge < -0.3 is 0 Å². The maximum atomic E-state index is 3.76. The summed E-state index contributed by atoms with van der Waals surface area (Å²) in [5.74, 6) is 0. The summed E-state index contributed by atoms with van der Waals surface area (Å²) in [6.45, 7) is 15.1. The zero-order valence-electron chi connectivity index (χ0n) is 7.14. The summed E-state index contributed by atoms with van der Waals surface area (Å²) in [5.41, 5.74) is 3.71. The second-order valence-electron chi connectivity index (χ2n) is 2.79. The molecule has 0 heterocycles. The Balaban J connectivity index is 3.12. The lowest BCUT2D eigenvalue weighted by Gasteiger charge is -2.06. The van der Waals surface area contributed by atoms with Crippen LogP contribution in [0.4, 0.5) is 0 Å². The van der Waals surface area contributed by atoms with Crippen molar-refractivity contribution in [2.45, 2.75) is 0 Å². The summed E-state index contributed by atoms with van der Waals surface area (Å²) >= 11 is 0. The zero-order valence-corrected chi connectivity index (χ0v) is 7.14. The highest BCUT2D eigenvalue weighted by molar-refractivity contribution is 5.73. The van der Waals surface area contributed by atoms with Crippen LogP contribution in [-0.2, 0) is 0 Å². The fraction of sp³-hybridized carbons (Fsp3) is 0. The SMILES string of the molecule is C=C([CH2+])c1cccc(C(=C)[CH2-])c1. The highest BCUT2D eigenvalue weighted by Gasteiger charge is 1.98. The molecular weight excluding hydrogens is 144 g/mol. The molecule has 0 unspecified atom stereocenters. The lowest BCUT2D eigenvalue weighted by molar-refractivity contribution is 1.58. The second-order valence-corrected chi connectivity index (χ2v) is 2.79. The molecule has 0 spiro atoms. The van der Waals surface area contributed by atoms with E-state index in [1.165, 1.54) is 0 Å². The molecule has 0 radical (unpaired) electrons. The summed E-state index contributed by atoms with van der Waals surface area (Å²) in [6, 6.07) is 7.89. The van der Waals surface area contributed by atoms with Gasteiger partial charge in [0.25, 0.3) is 0 Å². The van der Waals surface area contributed by atoms with Crippen molar-refractivity contribution in [2.24, 2.45) is 0 Å². The van der Waals surface area contributed by atoms with Gasteiger partial charge in [0.2, 0.25) is 0 Å². The van der Waals surface area contributed by atoms with Crippen LogP contribution < -0.4 is 0 Å². The molecule has 0 saturated heterocycles. The van der Waals surface area contributed by atoms with E-state index in [9.17, 15) is 0 Å². The zero-order chi connectivity index (χ0) is 9.14. The monoisotopic (exact) mass is 156 g/mol. The van der Waals surface area contributed by atoms with E-state index >= 15 is 0 Å². The van der Waals surface area contributed by atoms with Gasteiger partial charge in [0, 0.05) is 19.6 Å². The highest BCUT2D eigenvalue weighted by atomic mass is 14.0. The number of benzene rings is 1. The molecule has 0 fully saturated rings. The predicted octanol–water partition coefficient (Wildman–Crippen LogP) is 3.38. The third-order valence-electron chi connectivity index (χ3n) is 1.68. The molecule has 0 N–H and O–H groups in total. The van der Waals surface area contributed by atoms with Crippen LogP contribution >= 0.6 is 0 Å². The Morgan fingerprint density at radius 3 is 2.33 bits per heavy atom. The van der Waals surface area contributed by atoms with Crippen molar-refractivity contribution >= 4 is 11.1 Å². The van der Waals surface area contributed by atoms with Gasteiger partial charge in [-0.1, -0.05) is 6.07 Å². The first-order valence-corrected chi connectivity index (χ1v) is 3.74. The normalized spacial score (nSPS) is 9.33. The van der Waals surface area contributed by atoms with Crippen LogP contribution in [0, 0.1) is 13.8 Å². The van der Waals surface area contributed by atoms with Gasteiger partial charge in [0.05, 0.1) is 5.56 Å². The second kappa shape index (κ2) is 3.22. The molecule has 12 heavy (non-hydrogen) atoms. The van der Waals surface area contributed by atoms with Gasteiger partial charge in [-0.05, 0) is 6.07 Å². The summed E-state index contributed by atoms with van der Waals surface area (Å²) < 4.78 is 0. The molecule has 0 bridgehead atoms. The van der Waals surface area contributed by atoms with Gasteiger partial charge in [-0.3, -0.25) is 0 Å². The van der Waals surface area contributed by atoms with Crippen LogP contribution in [0.3, 0.4) is 0 Å². The minimum Gasteiger partial charge on any atom is -0.199 e. The van der Waals surface area contributed by atoms with Gasteiger partial charge in [-0.15, -0.1) is 11.6 Å². The average Bonchev–Trinajstić information content (AvgIpc) is 2.04. The Hall–Kier alpha value is -1.56. The van der Waals surface area contributed by atoms with Gasteiger partial charge in [-0.25, -0.2) is 0 Å². The molecule has 0 nitrogen and oxygen atoms in total. The lowest BCUT2D eigenvalue weighted by Crippen LogP contribution is -1.82. The van der Waals surface area contributed by atoms with Gasteiger partial charge in [0.15, 0.2) is 0 Å². The Kier molecular flexibility index (Phi) is 2.29. The van der Waals surface area contributed by atoms with Crippen molar-refractivity contribution in [3.05, 3.63) is 62.4 Å². The smallest absolute Gasteiger partial charge is 0.125 e. The largest absolute Gasteiger partial charge is 0.199 e. The Morgan fingerprint density at radius 2 is 1.83 bits per heavy atom. The Bertz CT molecular complexity index is 289. The van der Waals surface area contributed by atoms with E-state index in [0.29, 0.717) is 0 Å².